The predicted octanol–water partition coefficient (Wildman–Crippen LogP) is 4.04. The van der Waals surface area contributed by atoms with Gasteiger partial charge in [-0.15, -0.1) is 0 Å². The van der Waals surface area contributed by atoms with Gasteiger partial charge in [0.25, 0.3) is 0 Å². The lowest BCUT2D eigenvalue weighted by Gasteiger charge is -2.09. The van der Waals surface area contributed by atoms with Gasteiger partial charge in [0.05, 0.1) is 0 Å². The van der Waals surface area contributed by atoms with Gasteiger partial charge in [-0.2, -0.15) is 0 Å². The number of ether oxygens (including phenoxy) is 1. The fourth-order valence-electron chi connectivity index (χ4n) is 1.89. The topological polar surface area (TPSA) is 21.3 Å². The van der Waals surface area contributed by atoms with Crippen molar-refractivity contribution in [1.29, 1.82) is 0 Å². The van der Waals surface area contributed by atoms with Crippen LogP contribution in [0.5, 0.6) is 5.75 Å². The maximum Gasteiger partial charge on any atom is 0.119 e. The molecule has 0 spiro atoms. The number of nitrogens with one attached hydrogen (secondary N) is 1. The molecule has 0 heterocycles. The van der Waals surface area contributed by atoms with Crippen LogP contribution in [0.15, 0.2) is 24.3 Å². The molecule has 0 aliphatic heterocycles. The quantitative estimate of drug-likeness (QED) is 0.643. The average Bonchev–Trinajstić information content (AvgIpc) is 2.41. The number of hydrogen-bond donors (Lipinski definition) is 1. The van der Waals surface area contributed by atoms with Crippen LogP contribution in [0.3, 0.4) is 0 Å². The van der Waals surface area contributed by atoms with E-state index in [9.17, 15) is 0 Å². The van der Waals surface area contributed by atoms with Crippen molar-refractivity contribution in [3.05, 3.63) is 29.8 Å². The normalized spacial score (nSPS) is 10.9. The lowest BCUT2D eigenvalue weighted by atomic mass is 10.1. The summed E-state index contributed by atoms with van der Waals surface area (Å²) in [7, 11) is 0. The first-order valence-corrected chi connectivity index (χ1v) is 7.64. The highest BCUT2D eigenvalue weighted by molar-refractivity contribution is 5.27. The minimum absolute atomic E-state index is 0.742. The Hall–Kier alpha value is -1.02. The first-order chi connectivity index (χ1) is 9.22. The molecule has 0 atom stereocenters. The van der Waals surface area contributed by atoms with Crippen LogP contribution in [-0.4, -0.2) is 19.7 Å². The van der Waals surface area contributed by atoms with E-state index in [0.29, 0.717) is 0 Å². The molecular weight excluding hydrogens is 234 g/mol. The van der Waals surface area contributed by atoms with Gasteiger partial charge in [0.2, 0.25) is 0 Å². The van der Waals surface area contributed by atoms with Gasteiger partial charge in [0.15, 0.2) is 0 Å². The summed E-state index contributed by atoms with van der Waals surface area (Å²) < 4.78 is 5.71. The Balaban J connectivity index is 2.12. The van der Waals surface area contributed by atoms with Crippen LogP contribution in [0.1, 0.15) is 45.6 Å². The van der Waals surface area contributed by atoms with E-state index >= 15 is 0 Å². The van der Waals surface area contributed by atoms with E-state index in [1.54, 1.807) is 0 Å². The maximum atomic E-state index is 5.71. The van der Waals surface area contributed by atoms with Gasteiger partial charge in [-0.25, -0.2) is 0 Å². The third-order valence-electron chi connectivity index (χ3n) is 3.19. The number of hydrogen-bond acceptors (Lipinski definition) is 2. The molecule has 2 nitrogen and oxygen atoms in total. The Labute approximate surface area is 118 Å². The highest BCUT2D eigenvalue weighted by Gasteiger charge is 1.96. The molecule has 2 heteroatoms. The fraction of sp³-hybridized carbons (Fsp3) is 0.647. The van der Waals surface area contributed by atoms with Gasteiger partial charge in [0, 0.05) is 6.54 Å². The smallest absolute Gasteiger partial charge is 0.119 e. The van der Waals surface area contributed by atoms with Crippen LogP contribution in [-0.2, 0) is 6.42 Å². The second kappa shape index (κ2) is 9.85. The highest BCUT2D eigenvalue weighted by Crippen LogP contribution is 2.13. The molecule has 0 bridgehead atoms. The van der Waals surface area contributed by atoms with Crippen LogP contribution in [0.4, 0.5) is 0 Å². The molecule has 19 heavy (non-hydrogen) atoms. The zero-order valence-corrected chi connectivity index (χ0v) is 12.7. The van der Waals surface area contributed by atoms with Crippen molar-refractivity contribution in [2.45, 2.75) is 46.5 Å². The Morgan fingerprint density at radius 3 is 2.47 bits per heavy atom. The molecule has 1 N–H and O–H groups in total. The molecule has 0 saturated carbocycles. The van der Waals surface area contributed by atoms with Crippen molar-refractivity contribution in [3.63, 3.8) is 0 Å². The standard InChI is InChI=1S/C17H29NO/c1-4-5-6-16-7-9-17(10-8-16)19-14-13-18-12-11-15(2)3/h7-10,15,18H,4-6,11-14H2,1-3H3. The molecule has 0 aliphatic rings. The first kappa shape index (κ1) is 16.0. The summed E-state index contributed by atoms with van der Waals surface area (Å²) in [5, 5.41) is 3.40. The first-order valence-electron chi connectivity index (χ1n) is 7.64. The van der Waals surface area contributed by atoms with E-state index in [1.165, 1.54) is 31.2 Å². The van der Waals surface area contributed by atoms with Crippen molar-refractivity contribution >= 4 is 0 Å². The van der Waals surface area contributed by atoms with Crippen molar-refractivity contribution in [2.24, 2.45) is 5.92 Å². The molecule has 0 unspecified atom stereocenters. The fourth-order valence-corrected chi connectivity index (χ4v) is 1.89. The summed E-state index contributed by atoms with van der Waals surface area (Å²) in [5.41, 5.74) is 1.41. The van der Waals surface area contributed by atoms with Gasteiger partial charge in [0.1, 0.15) is 12.4 Å². The second-order valence-electron chi connectivity index (χ2n) is 5.53. The summed E-state index contributed by atoms with van der Waals surface area (Å²) in [6, 6.07) is 8.52. The Morgan fingerprint density at radius 1 is 1.11 bits per heavy atom. The maximum absolute atomic E-state index is 5.71. The molecule has 0 aromatic heterocycles. The second-order valence-corrected chi connectivity index (χ2v) is 5.53. The molecule has 0 aliphatic carbocycles. The van der Waals surface area contributed by atoms with Crippen LogP contribution < -0.4 is 10.1 Å². The molecular formula is C17H29NO. The minimum atomic E-state index is 0.742. The van der Waals surface area contributed by atoms with E-state index in [-0.39, 0.29) is 0 Å². The van der Waals surface area contributed by atoms with Crippen LogP contribution >= 0.6 is 0 Å². The van der Waals surface area contributed by atoms with Crippen LogP contribution in [0.25, 0.3) is 0 Å². The van der Waals surface area contributed by atoms with E-state index in [1.807, 2.05) is 0 Å². The number of benzene rings is 1. The summed E-state index contributed by atoms with van der Waals surface area (Å²) in [4.78, 5) is 0. The van der Waals surface area contributed by atoms with Gasteiger partial charge in [-0.1, -0.05) is 39.3 Å². The number of rotatable bonds is 10. The zero-order valence-electron chi connectivity index (χ0n) is 12.7. The monoisotopic (exact) mass is 263 g/mol. The SMILES string of the molecule is CCCCc1ccc(OCCNCCC(C)C)cc1. The molecule has 108 valence electrons. The highest BCUT2D eigenvalue weighted by atomic mass is 16.5. The van der Waals surface area contributed by atoms with Gasteiger partial charge < -0.3 is 10.1 Å². The van der Waals surface area contributed by atoms with Crippen LogP contribution in [0, 0.1) is 5.92 Å². The van der Waals surface area contributed by atoms with Crippen LogP contribution in [0.2, 0.25) is 0 Å². The van der Waals surface area contributed by atoms with Gasteiger partial charge in [-0.05, 0) is 49.4 Å². The molecule has 0 fully saturated rings. The van der Waals surface area contributed by atoms with Crippen molar-refractivity contribution < 1.29 is 4.74 Å². The lowest BCUT2D eigenvalue weighted by Crippen LogP contribution is -2.23. The summed E-state index contributed by atoms with van der Waals surface area (Å²) in [6.07, 6.45) is 4.92. The Bertz CT molecular complexity index is 319. The molecule has 0 saturated heterocycles. The lowest BCUT2D eigenvalue weighted by molar-refractivity contribution is 0.312. The summed E-state index contributed by atoms with van der Waals surface area (Å²) in [6.45, 7) is 9.47. The van der Waals surface area contributed by atoms with E-state index in [4.69, 9.17) is 4.74 Å². The third kappa shape index (κ3) is 7.89. The molecule has 0 amide bonds. The number of aryl methyl sites for hydroxylation is 1. The van der Waals surface area contributed by atoms with E-state index in [2.05, 4.69) is 50.4 Å². The van der Waals surface area contributed by atoms with E-state index < -0.39 is 0 Å². The van der Waals surface area contributed by atoms with E-state index in [0.717, 1.165) is 31.4 Å². The molecule has 0 radical (unpaired) electrons. The average molecular weight is 263 g/mol. The molecule has 1 aromatic carbocycles. The van der Waals surface area contributed by atoms with Gasteiger partial charge >= 0.3 is 0 Å². The van der Waals surface area contributed by atoms with Crippen molar-refractivity contribution in [1.82, 2.24) is 5.32 Å². The zero-order chi connectivity index (χ0) is 13.9. The van der Waals surface area contributed by atoms with Crippen molar-refractivity contribution in [2.75, 3.05) is 19.7 Å². The molecule has 1 aromatic rings. The summed E-state index contributed by atoms with van der Waals surface area (Å²) in [5.74, 6) is 1.75. The third-order valence-corrected chi connectivity index (χ3v) is 3.19. The Kier molecular flexibility index (Phi) is 8.31. The molecule has 1 rings (SSSR count). The summed E-state index contributed by atoms with van der Waals surface area (Å²) >= 11 is 0. The number of unbranched alkanes of at least 4 members (excludes halogenated alkanes) is 1. The minimum Gasteiger partial charge on any atom is -0.492 e. The van der Waals surface area contributed by atoms with Gasteiger partial charge in [-0.3, -0.25) is 0 Å². The Morgan fingerprint density at radius 2 is 1.84 bits per heavy atom. The predicted molar refractivity (Wildman–Crippen MR) is 82.9 cm³/mol. The largest absolute Gasteiger partial charge is 0.492 e. The van der Waals surface area contributed by atoms with Crippen molar-refractivity contribution in [3.8, 4) is 5.75 Å².